The van der Waals surface area contributed by atoms with Crippen molar-refractivity contribution in [2.45, 2.75) is 18.6 Å². The summed E-state index contributed by atoms with van der Waals surface area (Å²) in [4.78, 5) is 4.29. The van der Waals surface area contributed by atoms with Gasteiger partial charge in [-0.2, -0.15) is 16.7 Å². The quantitative estimate of drug-likeness (QED) is 0.727. The van der Waals surface area contributed by atoms with Gasteiger partial charge in [0.15, 0.2) is 5.82 Å². The van der Waals surface area contributed by atoms with Crippen LogP contribution in [0.3, 0.4) is 0 Å². The van der Waals surface area contributed by atoms with Crippen LogP contribution in [0.4, 0.5) is 0 Å². The van der Waals surface area contributed by atoms with E-state index in [4.69, 9.17) is 16.7 Å². The van der Waals surface area contributed by atoms with Crippen LogP contribution in [0.25, 0.3) is 0 Å². The Kier molecular flexibility index (Phi) is 2.39. The van der Waals surface area contributed by atoms with Crippen molar-refractivity contribution in [2.24, 2.45) is 0 Å². The molecule has 1 N–H and O–H groups in total. The van der Waals surface area contributed by atoms with E-state index >= 15 is 0 Å². The van der Waals surface area contributed by atoms with Crippen molar-refractivity contribution >= 4 is 24.0 Å². The number of aromatic amines is 1. The van der Waals surface area contributed by atoms with Crippen molar-refractivity contribution in [3.63, 3.8) is 0 Å². The van der Waals surface area contributed by atoms with Gasteiger partial charge in [-0.3, -0.25) is 0 Å². The number of H-pyrrole nitrogens is 1. The molecule has 3 nitrogen and oxygen atoms in total. The maximum Gasteiger partial charge on any atom is 0.314 e. The Bertz CT molecular complexity index is 289. The zero-order valence-corrected chi connectivity index (χ0v) is 8.30. The number of rotatable bonds is 2. The predicted octanol–water partition coefficient (Wildman–Crippen LogP) is 2.33. The molecule has 0 spiro atoms. The Hall–Kier alpha value is -0.290. The Balaban J connectivity index is 3.01. The van der Waals surface area contributed by atoms with Gasteiger partial charge in [-0.1, -0.05) is 0 Å². The van der Waals surface area contributed by atoms with E-state index in [2.05, 4.69) is 24.0 Å². The van der Waals surface area contributed by atoms with E-state index in [0.29, 0.717) is 0 Å². The largest absolute Gasteiger partial charge is 0.348 e. The van der Waals surface area contributed by atoms with Crippen molar-refractivity contribution in [3.05, 3.63) is 10.7 Å². The predicted molar refractivity (Wildman–Crippen MR) is 48.2 cm³/mol. The first kappa shape index (κ1) is 8.80. The lowest BCUT2D eigenvalue weighted by atomic mass is 10.2. The lowest BCUT2D eigenvalue weighted by Crippen LogP contribution is -2.13. The number of nitrogens with one attached hydrogen (secondary N) is 1. The van der Waals surface area contributed by atoms with Gasteiger partial charge < -0.3 is 4.52 Å². The summed E-state index contributed by atoms with van der Waals surface area (Å²) >= 11 is 6.42. The van der Waals surface area contributed by atoms with Crippen molar-refractivity contribution < 1.29 is 4.52 Å². The summed E-state index contributed by atoms with van der Waals surface area (Å²) < 4.78 is 4.76. The van der Waals surface area contributed by atoms with Crippen LogP contribution in [0, 0.1) is 4.84 Å². The SMILES string of the molecule is CSC(C)(C)c1nc(=S)o[nH]1. The zero-order chi connectivity index (χ0) is 8.48. The minimum Gasteiger partial charge on any atom is -0.348 e. The summed E-state index contributed by atoms with van der Waals surface area (Å²) in [7, 11) is 0. The molecule has 0 saturated heterocycles. The summed E-state index contributed by atoms with van der Waals surface area (Å²) in [6.07, 6.45) is 2.02. The topological polar surface area (TPSA) is 41.8 Å². The monoisotopic (exact) mass is 190 g/mol. The minimum atomic E-state index is -0.0550. The molecule has 0 atom stereocenters. The van der Waals surface area contributed by atoms with Gasteiger partial charge in [-0.25, -0.2) is 5.16 Å². The molecule has 0 unspecified atom stereocenters. The average molecular weight is 190 g/mol. The van der Waals surface area contributed by atoms with Crippen molar-refractivity contribution in [2.75, 3.05) is 6.26 Å². The summed E-state index contributed by atoms with van der Waals surface area (Å²) in [5.41, 5.74) is 0. The highest BCUT2D eigenvalue weighted by Gasteiger charge is 2.22. The highest BCUT2D eigenvalue weighted by atomic mass is 32.2. The van der Waals surface area contributed by atoms with Crippen LogP contribution in [0.15, 0.2) is 4.52 Å². The molecular weight excluding hydrogens is 180 g/mol. The van der Waals surface area contributed by atoms with Gasteiger partial charge in [0.2, 0.25) is 0 Å². The molecule has 1 heterocycles. The average Bonchev–Trinajstić information content (AvgIpc) is 2.36. The first-order chi connectivity index (χ1) is 5.06. The first-order valence-corrected chi connectivity index (χ1v) is 4.80. The molecule has 0 saturated carbocycles. The van der Waals surface area contributed by atoms with Gasteiger partial charge >= 0.3 is 4.84 Å². The van der Waals surface area contributed by atoms with Crippen LogP contribution >= 0.6 is 24.0 Å². The van der Waals surface area contributed by atoms with Crippen LogP contribution in [0.1, 0.15) is 19.7 Å². The van der Waals surface area contributed by atoms with Crippen LogP contribution < -0.4 is 0 Å². The van der Waals surface area contributed by atoms with Crippen molar-refractivity contribution in [1.82, 2.24) is 10.1 Å². The molecule has 0 bridgehead atoms. The summed E-state index contributed by atoms with van der Waals surface area (Å²) in [6.45, 7) is 4.11. The van der Waals surface area contributed by atoms with Crippen LogP contribution in [-0.4, -0.2) is 16.4 Å². The standard InChI is InChI=1S/C6H10N2OS2/c1-6(2,11-3)4-7-5(10)9-8-4/h1-3H3,(H,7,8,10). The van der Waals surface area contributed by atoms with Gasteiger partial charge in [0, 0.05) is 0 Å². The molecular formula is C6H10N2OS2. The fraction of sp³-hybridized carbons (Fsp3) is 0.667. The second-order valence-corrected chi connectivity index (χ2v) is 4.42. The number of nitrogens with zero attached hydrogens (tertiary/aromatic N) is 1. The molecule has 0 radical (unpaired) electrons. The first-order valence-electron chi connectivity index (χ1n) is 3.17. The minimum absolute atomic E-state index is 0.0550. The van der Waals surface area contributed by atoms with Crippen molar-refractivity contribution in [1.29, 1.82) is 0 Å². The Morgan fingerprint density at radius 3 is 2.64 bits per heavy atom. The maximum atomic E-state index is 4.82. The molecule has 0 aromatic carbocycles. The Morgan fingerprint density at radius 1 is 1.64 bits per heavy atom. The molecule has 1 aromatic rings. The van der Waals surface area contributed by atoms with E-state index in [0.717, 1.165) is 5.82 Å². The van der Waals surface area contributed by atoms with E-state index in [9.17, 15) is 0 Å². The van der Waals surface area contributed by atoms with Gasteiger partial charge in [0.1, 0.15) is 0 Å². The lowest BCUT2D eigenvalue weighted by Gasteiger charge is -2.16. The van der Waals surface area contributed by atoms with Gasteiger partial charge in [0.25, 0.3) is 0 Å². The number of hydrogen-bond acceptors (Lipinski definition) is 4. The van der Waals surface area contributed by atoms with Gasteiger partial charge in [0.05, 0.1) is 4.75 Å². The molecule has 1 rings (SSSR count). The molecule has 0 aliphatic carbocycles. The number of hydrogen-bond donors (Lipinski definition) is 1. The molecule has 0 aliphatic heterocycles. The zero-order valence-electron chi connectivity index (χ0n) is 6.67. The highest BCUT2D eigenvalue weighted by molar-refractivity contribution is 7.99. The van der Waals surface area contributed by atoms with E-state index in [-0.39, 0.29) is 9.58 Å². The molecule has 0 fully saturated rings. The normalized spacial score (nSPS) is 11.9. The van der Waals surface area contributed by atoms with Crippen LogP contribution in [0.5, 0.6) is 0 Å². The van der Waals surface area contributed by atoms with Gasteiger partial charge in [-0.05, 0) is 32.3 Å². The number of aromatic nitrogens is 2. The van der Waals surface area contributed by atoms with E-state index in [1.165, 1.54) is 0 Å². The van der Waals surface area contributed by atoms with E-state index in [1.54, 1.807) is 11.8 Å². The third-order valence-corrected chi connectivity index (χ3v) is 2.91. The van der Waals surface area contributed by atoms with Gasteiger partial charge in [-0.15, -0.1) is 0 Å². The Morgan fingerprint density at radius 2 is 2.27 bits per heavy atom. The molecule has 0 aliphatic rings. The summed E-state index contributed by atoms with van der Waals surface area (Å²) in [5, 5.41) is 2.69. The summed E-state index contributed by atoms with van der Waals surface area (Å²) in [5.74, 6) is 0.787. The Labute approximate surface area is 74.6 Å². The second kappa shape index (κ2) is 2.98. The fourth-order valence-corrected chi connectivity index (χ4v) is 0.997. The molecule has 1 aromatic heterocycles. The molecule has 0 amide bonds. The maximum absolute atomic E-state index is 4.82. The van der Waals surface area contributed by atoms with E-state index in [1.807, 2.05) is 6.26 Å². The lowest BCUT2D eigenvalue weighted by molar-refractivity contribution is 0.393. The summed E-state index contributed by atoms with van der Waals surface area (Å²) in [6, 6.07) is 0. The smallest absolute Gasteiger partial charge is 0.314 e. The fourth-order valence-electron chi connectivity index (χ4n) is 0.583. The molecule has 11 heavy (non-hydrogen) atoms. The molecule has 5 heteroatoms. The third kappa shape index (κ3) is 1.84. The van der Waals surface area contributed by atoms with Crippen LogP contribution in [-0.2, 0) is 4.75 Å². The number of thioether (sulfide) groups is 1. The highest BCUT2D eigenvalue weighted by Crippen LogP contribution is 2.30. The van der Waals surface area contributed by atoms with Crippen molar-refractivity contribution in [3.8, 4) is 0 Å². The van der Waals surface area contributed by atoms with E-state index < -0.39 is 0 Å². The second-order valence-electron chi connectivity index (χ2n) is 2.64. The van der Waals surface area contributed by atoms with Crippen LogP contribution in [0.2, 0.25) is 0 Å². The third-order valence-electron chi connectivity index (χ3n) is 1.52. The molecule has 62 valence electrons.